The van der Waals surface area contributed by atoms with E-state index in [4.69, 9.17) is 20.9 Å². The SMILES string of the molecule is C[C@](N)(Cc1ccc(B(O)O)c(C(F)(F)F)c1)C(=O)O. The minimum absolute atomic E-state index is 0.0362. The number of alkyl halides is 3. The lowest BCUT2D eigenvalue weighted by Crippen LogP contribution is -2.47. The van der Waals surface area contributed by atoms with E-state index < -0.39 is 35.8 Å². The Balaban J connectivity index is 3.24. The third kappa shape index (κ3) is 3.72. The summed E-state index contributed by atoms with van der Waals surface area (Å²) in [6.45, 7) is 1.18. The lowest BCUT2D eigenvalue weighted by atomic mass is 9.75. The second-order valence-corrected chi connectivity index (χ2v) is 4.69. The van der Waals surface area contributed by atoms with Gasteiger partial charge in [0, 0.05) is 6.42 Å². The van der Waals surface area contributed by atoms with Gasteiger partial charge >= 0.3 is 19.3 Å². The van der Waals surface area contributed by atoms with E-state index in [9.17, 15) is 18.0 Å². The third-order valence-corrected chi connectivity index (χ3v) is 2.76. The molecule has 0 fully saturated rings. The van der Waals surface area contributed by atoms with Gasteiger partial charge in [0.1, 0.15) is 5.54 Å². The van der Waals surface area contributed by atoms with Crippen LogP contribution in [0.1, 0.15) is 18.1 Å². The Kier molecular flexibility index (Phi) is 4.47. The van der Waals surface area contributed by atoms with Crippen LogP contribution >= 0.6 is 0 Å². The number of hydrogen-bond donors (Lipinski definition) is 4. The van der Waals surface area contributed by atoms with Crippen molar-refractivity contribution >= 4 is 18.6 Å². The van der Waals surface area contributed by atoms with E-state index in [1.807, 2.05) is 0 Å². The molecule has 9 heteroatoms. The van der Waals surface area contributed by atoms with Gasteiger partial charge in [0.15, 0.2) is 0 Å². The highest BCUT2D eigenvalue weighted by Gasteiger charge is 2.37. The summed E-state index contributed by atoms with van der Waals surface area (Å²) in [7, 11) is -2.27. The fraction of sp³-hybridized carbons (Fsp3) is 0.364. The maximum Gasteiger partial charge on any atom is 0.489 e. The smallest absolute Gasteiger partial charge is 0.480 e. The number of hydrogen-bond acceptors (Lipinski definition) is 4. The predicted molar refractivity (Wildman–Crippen MR) is 65.2 cm³/mol. The van der Waals surface area contributed by atoms with Crippen LogP contribution in [0.15, 0.2) is 18.2 Å². The Hall–Kier alpha value is -1.58. The van der Waals surface area contributed by atoms with Gasteiger partial charge < -0.3 is 20.9 Å². The van der Waals surface area contributed by atoms with Gasteiger partial charge in [0.2, 0.25) is 0 Å². The molecule has 0 saturated heterocycles. The van der Waals surface area contributed by atoms with Gasteiger partial charge in [-0.25, -0.2) is 0 Å². The molecule has 0 aliphatic carbocycles. The standard InChI is InChI=1S/C11H13BF3NO4/c1-10(16,9(17)18)5-6-2-3-8(12(19)20)7(4-6)11(13,14)15/h2-4,19-20H,5,16H2,1H3,(H,17,18)/t10-/m0/s1. The highest BCUT2D eigenvalue weighted by atomic mass is 19.4. The summed E-state index contributed by atoms with van der Waals surface area (Å²) in [5.41, 5.74) is 1.86. The quantitative estimate of drug-likeness (QED) is 0.572. The van der Waals surface area contributed by atoms with E-state index in [0.717, 1.165) is 6.07 Å². The summed E-state index contributed by atoms with van der Waals surface area (Å²) in [6.07, 6.45) is -5.11. The Morgan fingerprint density at radius 2 is 1.90 bits per heavy atom. The van der Waals surface area contributed by atoms with Gasteiger partial charge in [-0.2, -0.15) is 13.2 Å². The molecule has 0 spiro atoms. The van der Waals surface area contributed by atoms with Crippen LogP contribution in [0.4, 0.5) is 13.2 Å². The highest BCUT2D eigenvalue weighted by molar-refractivity contribution is 6.59. The van der Waals surface area contributed by atoms with Crippen LogP contribution in [-0.2, 0) is 17.4 Å². The molecular formula is C11H13BF3NO4. The number of halogens is 3. The molecule has 110 valence electrons. The Morgan fingerprint density at radius 1 is 1.35 bits per heavy atom. The minimum atomic E-state index is -4.79. The number of benzene rings is 1. The van der Waals surface area contributed by atoms with Crippen LogP contribution in [0.3, 0.4) is 0 Å². The van der Waals surface area contributed by atoms with Gasteiger partial charge in [0.25, 0.3) is 0 Å². The molecule has 0 saturated carbocycles. The number of carboxylic acids is 1. The zero-order valence-electron chi connectivity index (χ0n) is 10.5. The van der Waals surface area contributed by atoms with Crippen molar-refractivity contribution < 1.29 is 33.1 Å². The number of carboxylic acid groups (broad SMARTS) is 1. The first-order valence-corrected chi connectivity index (χ1v) is 5.53. The second-order valence-electron chi connectivity index (χ2n) is 4.69. The number of carbonyl (C=O) groups is 1. The monoisotopic (exact) mass is 291 g/mol. The molecule has 0 unspecified atom stereocenters. The molecule has 0 aliphatic heterocycles. The van der Waals surface area contributed by atoms with E-state index in [2.05, 4.69) is 0 Å². The number of rotatable bonds is 4. The molecule has 20 heavy (non-hydrogen) atoms. The second kappa shape index (κ2) is 5.43. The van der Waals surface area contributed by atoms with E-state index >= 15 is 0 Å². The Bertz CT molecular complexity index is 517. The molecule has 1 atom stereocenters. The number of nitrogens with two attached hydrogens (primary N) is 1. The van der Waals surface area contributed by atoms with Gasteiger partial charge in [-0.15, -0.1) is 0 Å². The van der Waals surface area contributed by atoms with Crippen molar-refractivity contribution in [1.82, 2.24) is 0 Å². The lowest BCUT2D eigenvalue weighted by molar-refractivity contribution is -0.142. The normalized spacial score (nSPS) is 14.8. The van der Waals surface area contributed by atoms with E-state index in [1.54, 1.807) is 0 Å². The summed E-state index contributed by atoms with van der Waals surface area (Å²) in [4.78, 5) is 10.9. The van der Waals surface area contributed by atoms with Crippen LogP contribution in [0.5, 0.6) is 0 Å². The van der Waals surface area contributed by atoms with Crippen molar-refractivity contribution in [2.45, 2.75) is 25.1 Å². The maximum absolute atomic E-state index is 12.8. The maximum atomic E-state index is 12.8. The van der Waals surface area contributed by atoms with E-state index in [1.165, 1.54) is 13.0 Å². The summed E-state index contributed by atoms with van der Waals surface area (Å²) in [5, 5.41) is 26.7. The Labute approximate surface area is 113 Å². The zero-order valence-corrected chi connectivity index (χ0v) is 10.5. The highest BCUT2D eigenvalue weighted by Crippen LogP contribution is 2.29. The molecule has 0 aromatic heterocycles. The zero-order chi connectivity index (χ0) is 15.7. The predicted octanol–water partition coefficient (Wildman–Crippen LogP) is -0.270. The molecule has 5 nitrogen and oxygen atoms in total. The summed E-state index contributed by atoms with van der Waals surface area (Å²) >= 11 is 0. The van der Waals surface area contributed by atoms with Crippen molar-refractivity contribution in [3.8, 4) is 0 Å². The first-order chi connectivity index (χ1) is 8.95. The summed E-state index contributed by atoms with van der Waals surface area (Å²) in [6, 6.07) is 2.74. The van der Waals surface area contributed by atoms with Crippen molar-refractivity contribution in [3.05, 3.63) is 29.3 Å². The molecule has 0 aliphatic rings. The first-order valence-electron chi connectivity index (χ1n) is 5.53. The summed E-state index contributed by atoms with van der Waals surface area (Å²) in [5.74, 6) is -1.35. The van der Waals surface area contributed by atoms with Gasteiger partial charge in [-0.3, -0.25) is 4.79 Å². The number of aliphatic carboxylic acids is 1. The minimum Gasteiger partial charge on any atom is -0.480 e. The topological polar surface area (TPSA) is 104 Å². The van der Waals surface area contributed by atoms with E-state index in [0.29, 0.717) is 6.07 Å². The molecule has 1 aromatic rings. The van der Waals surface area contributed by atoms with Crippen molar-refractivity contribution in [2.75, 3.05) is 0 Å². The molecule has 0 bridgehead atoms. The molecule has 0 radical (unpaired) electrons. The average Bonchev–Trinajstić information content (AvgIpc) is 2.26. The summed E-state index contributed by atoms with van der Waals surface area (Å²) < 4.78 is 38.4. The molecule has 1 aromatic carbocycles. The molecule has 5 N–H and O–H groups in total. The fourth-order valence-electron chi connectivity index (χ4n) is 1.68. The van der Waals surface area contributed by atoms with Crippen LogP contribution in [-0.4, -0.2) is 33.8 Å². The fourth-order valence-corrected chi connectivity index (χ4v) is 1.68. The molecule has 0 heterocycles. The van der Waals surface area contributed by atoms with Crippen LogP contribution in [0, 0.1) is 0 Å². The van der Waals surface area contributed by atoms with Gasteiger partial charge in [0.05, 0.1) is 5.56 Å². The van der Waals surface area contributed by atoms with Crippen molar-refractivity contribution in [1.29, 1.82) is 0 Å². The molecular weight excluding hydrogens is 278 g/mol. The van der Waals surface area contributed by atoms with Crippen LogP contribution < -0.4 is 11.2 Å². The first kappa shape index (κ1) is 16.5. The molecule has 1 rings (SSSR count). The van der Waals surface area contributed by atoms with Crippen LogP contribution in [0.25, 0.3) is 0 Å². The van der Waals surface area contributed by atoms with Crippen molar-refractivity contribution in [3.63, 3.8) is 0 Å². The molecule has 0 amide bonds. The Morgan fingerprint density at radius 3 is 2.30 bits per heavy atom. The van der Waals surface area contributed by atoms with Gasteiger partial charge in [-0.05, 0) is 24.0 Å². The third-order valence-electron chi connectivity index (χ3n) is 2.76. The lowest BCUT2D eigenvalue weighted by Gasteiger charge is -2.20. The average molecular weight is 291 g/mol. The van der Waals surface area contributed by atoms with E-state index in [-0.39, 0.29) is 12.0 Å². The van der Waals surface area contributed by atoms with Crippen LogP contribution in [0.2, 0.25) is 0 Å². The largest absolute Gasteiger partial charge is 0.489 e. The van der Waals surface area contributed by atoms with Gasteiger partial charge in [-0.1, -0.05) is 12.1 Å². The van der Waals surface area contributed by atoms with Crippen molar-refractivity contribution in [2.24, 2.45) is 5.73 Å².